The van der Waals surface area contributed by atoms with E-state index < -0.39 is 0 Å². The smallest absolute Gasteiger partial charge is 0.784 e. The van der Waals surface area contributed by atoms with Gasteiger partial charge < -0.3 is 25.3 Å². The zero-order valence-corrected chi connectivity index (χ0v) is 13.2. The molecule has 0 aromatic heterocycles. The van der Waals surface area contributed by atoms with E-state index in [0.29, 0.717) is 13.1 Å². The van der Waals surface area contributed by atoms with Crippen LogP contribution in [0.15, 0.2) is 31.9 Å². The summed E-state index contributed by atoms with van der Waals surface area (Å²) in [6.45, 7) is 9.03. The molecule has 0 unspecified atom stereocenters. The minimum atomic E-state index is 0. The Bertz CT molecular complexity index is 302. The summed E-state index contributed by atoms with van der Waals surface area (Å²) in [5.74, 6) is 0. The molecule has 0 aliphatic heterocycles. The van der Waals surface area contributed by atoms with Crippen LogP contribution >= 0.6 is 0 Å². The monoisotopic (exact) mass is 312 g/mol. The predicted octanol–water partition coefficient (Wildman–Crippen LogP) is 2.81. The summed E-state index contributed by atoms with van der Waals surface area (Å²) in [6.07, 6.45) is 3.78. The predicted molar refractivity (Wildman–Crippen MR) is 78.2 cm³/mol. The third-order valence-electron chi connectivity index (χ3n) is 1.65. The molecule has 0 aromatic rings. The molecule has 0 saturated carbocycles. The first-order valence-electron chi connectivity index (χ1n) is 5.14. The van der Waals surface area contributed by atoms with Crippen LogP contribution in [-0.4, -0.2) is 24.5 Å². The van der Waals surface area contributed by atoms with Crippen LogP contribution in [0.3, 0.4) is 0 Å². The van der Waals surface area contributed by atoms with Gasteiger partial charge in [0.05, 0.1) is 13.1 Å². The number of hydrogen-bond acceptors (Lipinski definition) is 4. The fourth-order valence-electron chi connectivity index (χ4n) is 1.13. The second-order valence-corrected chi connectivity index (χ2v) is 4.84. The van der Waals surface area contributed by atoms with Gasteiger partial charge in [0, 0.05) is 11.4 Å². The SMILES string of the molecule is CC(/C=C(/C)[S-])=NCCN=C(C)/C=C(/C)[S-].[Ni+2]. The fraction of sp³-hybridized carbons (Fsp3) is 0.500. The molecule has 17 heavy (non-hydrogen) atoms. The van der Waals surface area contributed by atoms with Gasteiger partial charge in [0.1, 0.15) is 0 Å². The number of allylic oxidation sites excluding steroid dienone is 4. The molecular formula is C12H18N2NiS2. The Kier molecular flexibility index (Phi) is 12.2. The number of hydrogen-bond donors (Lipinski definition) is 0. The quantitative estimate of drug-likeness (QED) is 0.337. The van der Waals surface area contributed by atoms with E-state index in [1.54, 1.807) is 0 Å². The Morgan fingerprint density at radius 3 is 1.35 bits per heavy atom. The molecule has 0 fully saturated rings. The van der Waals surface area contributed by atoms with E-state index in [0.717, 1.165) is 21.2 Å². The van der Waals surface area contributed by atoms with Crippen LogP contribution in [0.5, 0.6) is 0 Å². The van der Waals surface area contributed by atoms with Crippen molar-refractivity contribution in [2.75, 3.05) is 13.1 Å². The molecule has 5 heteroatoms. The molecule has 0 spiro atoms. The van der Waals surface area contributed by atoms with Crippen LogP contribution in [0.2, 0.25) is 0 Å². The molecule has 0 aliphatic rings. The number of aliphatic imine (C=N–C) groups is 2. The first-order chi connectivity index (χ1) is 7.41. The van der Waals surface area contributed by atoms with Crippen molar-refractivity contribution in [3.05, 3.63) is 22.0 Å². The Morgan fingerprint density at radius 1 is 0.824 bits per heavy atom. The number of rotatable bonds is 5. The molecule has 0 heterocycles. The second kappa shape index (κ2) is 10.9. The van der Waals surface area contributed by atoms with E-state index in [1.165, 1.54) is 0 Å². The van der Waals surface area contributed by atoms with Crippen LogP contribution in [0.4, 0.5) is 0 Å². The molecule has 0 amide bonds. The minimum absolute atomic E-state index is 0. The van der Waals surface area contributed by atoms with E-state index in [9.17, 15) is 0 Å². The molecule has 98 valence electrons. The molecule has 0 N–H and O–H groups in total. The zero-order valence-electron chi connectivity index (χ0n) is 10.6. The van der Waals surface area contributed by atoms with E-state index >= 15 is 0 Å². The third-order valence-corrected chi connectivity index (χ3v) is 1.88. The molecule has 0 aliphatic carbocycles. The van der Waals surface area contributed by atoms with Crippen molar-refractivity contribution in [1.29, 1.82) is 0 Å². The first kappa shape index (κ1) is 19.1. The maximum atomic E-state index is 4.96. The van der Waals surface area contributed by atoms with Gasteiger partial charge in [0.2, 0.25) is 0 Å². The van der Waals surface area contributed by atoms with E-state index in [-0.39, 0.29) is 16.5 Å². The Morgan fingerprint density at radius 2 is 1.12 bits per heavy atom. The van der Waals surface area contributed by atoms with Gasteiger partial charge in [-0.3, -0.25) is 9.98 Å². The average molecular weight is 313 g/mol. The maximum absolute atomic E-state index is 4.96. The van der Waals surface area contributed by atoms with E-state index in [4.69, 9.17) is 25.3 Å². The molecule has 0 radical (unpaired) electrons. The topological polar surface area (TPSA) is 24.7 Å². The first-order valence-corrected chi connectivity index (χ1v) is 5.96. The van der Waals surface area contributed by atoms with Crippen LogP contribution < -0.4 is 0 Å². The van der Waals surface area contributed by atoms with Gasteiger partial charge in [-0.2, -0.15) is 9.81 Å². The van der Waals surface area contributed by atoms with Gasteiger partial charge in [0.15, 0.2) is 0 Å². The van der Waals surface area contributed by atoms with Crippen molar-refractivity contribution < 1.29 is 16.5 Å². The van der Waals surface area contributed by atoms with Gasteiger partial charge in [-0.1, -0.05) is 26.0 Å². The summed E-state index contributed by atoms with van der Waals surface area (Å²) in [6, 6.07) is 0. The van der Waals surface area contributed by atoms with E-state index in [2.05, 4.69) is 9.98 Å². The number of nitrogens with zero attached hydrogens (tertiary/aromatic N) is 2. The molecular weight excluding hydrogens is 295 g/mol. The van der Waals surface area contributed by atoms with Crippen molar-refractivity contribution >= 4 is 36.7 Å². The molecule has 0 aromatic carbocycles. The van der Waals surface area contributed by atoms with Gasteiger partial charge in [-0.25, -0.2) is 0 Å². The van der Waals surface area contributed by atoms with Crippen LogP contribution in [0.1, 0.15) is 27.7 Å². The molecule has 0 saturated heterocycles. The average Bonchev–Trinajstić information content (AvgIpc) is 2.10. The zero-order chi connectivity index (χ0) is 12.6. The summed E-state index contributed by atoms with van der Waals surface area (Å²) in [5.41, 5.74) is 1.91. The summed E-state index contributed by atoms with van der Waals surface area (Å²) in [7, 11) is 0. The van der Waals surface area contributed by atoms with Crippen LogP contribution in [0.25, 0.3) is 0 Å². The summed E-state index contributed by atoms with van der Waals surface area (Å²) < 4.78 is 0. The molecule has 0 rings (SSSR count). The van der Waals surface area contributed by atoms with Gasteiger partial charge in [-0.05, 0) is 13.8 Å². The second-order valence-electron chi connectivity index (χ2n) is 3.56. The van der Waals surface area contributed by atoms with Crippen molar-refractivity contribution in [1.82, 2.24) is 0 Å². The summed E-state index contributed by atoms with van der Waals surface area (Å²) in [5, 5.41) is 0. The van der Waals surface area contributed by atoms with Crippen LogP contribution in [-0.2, 0) is 41.7 Å². The van der Waals surface area contributed by atoms with Gasteiger partial charge in [-0.15, -0.1) is 0 Å². The maximum Gasteiger partial charge on any atom is 2.00 e. The fourth-order valence-corrected chi connectivity index (χ4v) is 1.47. The normalized spacial score (nSPS) is 14.6. The Balaban J connectivity index is 0. The minimum Gasteiger partial charge on any atom is -0.784 e. The standard InChI is InChI=1S/C12H20N2S2.Ni/c1-9(7-11(3)15)13-5-6-14-10(2)8-12(4)16;/h7-8,15-16H,5-6H2,1-4H3;/q;+2/p-2/b11-7-,12-8-,13-9?,14-10?;. The molecule has 2 nitrogen and oxygen atoms in total. The summed E-state index contributed by atoms with van der Waals surface area (Å²) in [4.78, 5) is 10.4. The van der Waals surface area contributed by atoms with Gasteiger partial charge in [0.25, 0.3) is 0 Å². The van der Waals surface area contributed by atoms with Crippen molar-refractivity contribution in [2.24, 2.45) is 9.98 Å². The molecule has 0 atom stereocenters. The van der Waals surface area contributed by atoms with Crippen molar-refractivity contribution in [2.45, 2.75) is 27.7 Å². The van der Waals surface area contributed by atoms with Crippen molar-refractivity contribution in [3.8, 4) is 0 Å². The largest absolute Gasteiger partial charge is 2.00 e. The third kappa shape index (κ3) is 13.7. The Labute approximate surface area is 126 Å². The molecule has 0 bridgehead atoms. The van der Waals surface area contributed by atoms with Gasteiger partial charge >= 0.3 is 16.5 Å². The summed E-state index contributed by atoms with van der Waals surface area (Å²) >= 11 is 9.91. The van der Waals surface area contributed by atoms with Crippen molar-refractivity contribution in [3.63, 3.8) is 0 Å². The van der Waals surface area contributed by atoms with Crippen LogP contribution in [0, 0.1) is 0 Å². The Hall–Kier alpha value is -0.246. The van der Waals surface area contributed by atoms with E-state index in [1.807, 2.05) is 39.8 Å².